The van der Waals surface area contributed by atoms with E-state index in [1.54, 1.807) is 0 Å². The van der Waals surface area contributed by atoms with Crippen molar-refractivity contribution in [3.8, 4) is 23.0 Å². The number of amides is 2. The van der Waals surface area contributed by atoms with E-state index in [-0.39, 0.29) is 111 Å². The van der Waals surface area contributed by atoms with Gasteiger partial charge in [0.1, 0.15) is 49.4 Å². The van der Waals surface area contributed by atoms with Crippen molar-refractivity contribution in [2.24, 2.45) is 0 Å². The molecule has 4 aromatic rings. The molecule has 8 bridgehead atoms. The maximum absolute atomic E-state index is 14.0. The van der Waals surface area contributed by atoms with Crippen LogP contribution >= 0.6 is 99.3 Å². The summed E-state index contributed by atoms with van der Waals surface area (Å²) in [5.41, 5.74) is 4.64. The highest BCUT2D eigenvalue weighted by Crippen LogP contribution is 2.20. The second-order valence-electron chi connectivity index (χ2n) is 18.1. The molecule has 24 heteroatoms. The summed E-state index contributed by atoms with van der Waals surface area (Å²) < 4.78 is 24.9. The van der Waals surface area contributed by atoms with E-state index in [0.717, 1.165) is 163 Å². The lowest BCUT2D eigenvalue weighted by Crippen LogP contribution is -2.47. The molecule has 0 atom stereocenters. The molecule has 0 aromatic heterocycles. The number of hydrogen-bond donors (Lipinski definition) is 6. The summed E-state index contributed by atoms with van der Waals surface area (Å²) in [7, 11) is 0. The maximum Gasteiger partial charge on any atom is 0.236 e. The molecule has 0 spiro atoms. The standard InChI is InChI=1S/C54H78N10O6.8ClH/c65-53(43-61-29-25-57-21-17-55-18-22-58-26-30-61)63-33-37-67-49-9-1-45(2-10-49)41-46-3-11-50(12-4-46)68-39-35-64(54(66)44-62-31-27-59-23-19-56-20-24-60-28-32-62)36-40-70-52-15-7-48(8-16-52)42-47-5-13-51(14-6-47)69-38-34-63;;;;;;;;/h1-16,55-60H,17-44H2;8*1H. The molecule has 4 aromatic carbocycles. The average Bonchev–Trinajstić information content (AvgIpc) is 3.36. The van der Waals surface area contributed by atoms with Crippen molar-refractivity contribution in [1.82, 2.24) is 51.5 Å². The lowest BCUT2D eigenvalue weighted by Gasteiger charge is -2.28. The third kappa shape index (κ3) is 29.7. The molecule has 0 radical (unpaired) electrons. The molecule has 78 heavy (non-hydrogen) atoms. The van der Waals surface area contributed by atoms with Gasteiger partial charge in [-0.05, 0) is 83.6 Å². The van der Waals surface area contributed by atoms with Crippen LogP contribution in [0.2, 0.25) is 0 Å². The summed E-state index contributed by atoms with van der Waals surface area (Å²) in [4.78, 5) is 36.2. The number of rotatable bonds is 4. The van der Waals surface area contributed by atoms with Gasteiger partial charge in [0.05, 0.1) is 39.3 Å². The molecule has 13 rings (SSSR count). The molecule has 9 aliphatic rings. The zero-order chi connectivity index (χ0) is 48.3. The Morgan fingerprint density at radius 3 is 0.731 bits per heavy atom. The van der Waals surface area contributed by atoms with Crippen LogP contribution in [-0.2, 0) is 22.4 Å². The SMILES string of the molecule is Cl.Cl.Cl.Cl.Cl.Cl.Cl.Cl.O=C(CN1CCNCCNCCNCC1)N1CCOc2ccc(cc2)Cc2ccc(cc2)OCCN(C(=O)CN2CCNCCNCCNCC2)CCOc2ccc(cc2)Cc2ccc(cc2)OCC1. The first-order valence-electron chi connectivity index (χ1n) is 25.6. The Morgan fingerprint density at radius 2 is 0.513 bits per heavy atom. The molecule has 2 amide bonds. The van der Waals surface area contributed by atoms with Gasteiger partial charge in [-0.15, -0.1) is 99.3 Å². The zero-order valence-electron chi connectivity index (χ0n) is 44.5. The minimum Gasteiger partial charge on any atom is -0.492 e. The topological polar surface area (TPSA) is 156 Å². The average molecular weight is 1250 g/mol. The second kappa shape index (κ2) is 45.6. The molecule has 2 saturated heterocycles. The fraction of sp³-hybridized carbons (Fsp3) is 0.519. The molecule has 0 unspecified atom stereocenters. The van der Waals surface area contributed by atoms with E-state index in [0.29, 0.717) is 65.7 Å². The van der Waals surface area contributed by atoms with Gasteiger partial charge >= 0.3 is 0 Å². The summed E-state index contributed by atoms with van der Waals surface area (Å²) in [6.45, 7) is 17.7. The van der Waals surface area contributed by atoms with Crippen LogP contribution < -0.4 is 50.8 Å². The van der Waals surface area contributed by atoms with Crippen LogP contribution in [0.1, 0.15) is 22.3 Å². The van der Waals surface area contributed by atoms with E-state index in [1.807, 2.05) is 58.3 Å². The molecule has 444 valence electrons. The molecule has 9 heterocycles. The van der Waals surface area contributed by atoms with Gasteiger partial charge in [0.25, 0.3) is 0 Å². The highest BCUT2D eigenvalue weighted by atomic mass is 35.5. The van der Waals surface area contributed by atoms with Gasteiger partial charge in [-0.3, -0.25) is 19.4 Å². The summed E-state index contributed by atoms with van der Waals surface area (Å²) in [5, 5.41) is 20.9. The van der Waals surface area contributed by atoms with E-state index < -0.39 is 0 Å². The molecular formula is C54H86Cl8N10O6. The summed E-state index contributed by atoms with van der Waals surface area (Å²) in [6.07, 6.45) is 1.51. The van der Waals surface area contributed by atoms with E-state index in [4.69, 9.17) is 18.9 Å². The molecule has 9 aliphatic heterocycles. The van der Waals surface area contributed by atoms with Crippen LogP contribution in [0.25, 0.3) is 0 Å². The van der Waals surface area contributed by atoms with Gasteiger partial charge in [-0.1, -0.05) is 48.5 Å². The lowest BCUT2D eigenvalue weighted by atomic mass is 10.0. The Morgan fingerprint density at radius 1 is 0.308 bits per heavy atom. The summed E-state index contributed by atoms with van der Waals surface area (Å²) in [5.74, 6) is 3.17. The van der Waals surface area contributed by atoms with E-state index in [9.17, 15) is 9.59 Å². The van der Waals surface area contributed by atoms with E-state index in [1.165, 1.54) is 0 Å². The number of carbonyl (C=O) groups excluding carboxylic acids is 2. The van der Waals surface area contributed by atoms with Crippen molar-refractivity contribution in [2.75, 3.05) is 170 Å². The number of benzene rings is 4. The van der Waals surface area contributed by atoms with Crippen LogP contribution in [-0.4, -0.2) is 202 Å². The molecule has 0 saturated carbocycles. The number of nitrogens with one attached hydrogen (secondary N) is 6. The minimum atomic E-state index is 0. The van der Waals surface area contributed by atoms with Crippen LogP contribution in [0.3, 0.4) is 0 Å². The smallest absolute Gasteiger partial charge is 0.236 e. The van der Waals surface area contributed by atoms with E-state index in [2.05, 4.69) is 90.2 Å². The fourth-order valence-corrected chi connectivity index (χ4v) is 8.63. The molecule has 6 N–H and O–H groups in total. The van der Waals surface area contributed by atoms with Crippen LogP contribution in [0.15, 0.2) is 97.1 Å². The van der Waals surface area contributed by atoms with Gasteiger partial charge in [-0.25, -0.2) is 0 Å². The van der Waals surface area contributed by atoms with E-state index >= 15 is 0 Å². The maximum atomic E-state index is 14.0. The first kappa shape index (κ1) is 77.1. The Kier molecular flexibility index (Phi) is 45.1. The monoisotopic (exact) mass is 1250 g/mol. The largest absolute Gasteiger partial charge is 0.492 e. The highest BCUT2D eigenvalue weighted by molar-refractivity contribution is 5.86. The second-order valence-corrected chi connectivity index (χ2v) is 18.1. The number of nitrogens with zero attached hydrogens (tertiary/aromatic N) is 4. The summed E-state index contributed by atoms with van der Waals surface area (Å²) >= 11 is 0. The Labute approximate surface area is 513 Å². The minimum absolute atomic E-state index is 0. The highest BCUT2D eigenvalue weighted by Gasteiger charge is 2.20. The third-order valence-electron chi connectivity index (χ3n) is 12.8. The first-order valence-corrected chi connectivity index (χ1v) is 25.6. The van der Waals surface area contributed by atoms with Crippen molar-refractivity contribution < 1.29 is 28.5 Å². The Bertz CT molecular complexity index is 1840. The van der Waals surface area contributed by atoms with Crippen molar-refractivity contribution in [3.63, 3.8) is 0 Å². The molecule has 16 nitrogen and oxygen atoms in total. The molecular weight excluding hydrogens is 1170 g/mol. The molecule has 2 fully saturated rings. The number of halogens is 8. The predicted molar refractivity (Wildman–Crippen MR) is 335 cm³/mol. The normalized spacial score (nSPS) is 17.3. The van der Waals surface area contributed by atoms with Gasteiger partial charge in [0, 0.05) is 105 Å². The number of ether oxygens (including phenoxy) is 4. The summed E-state index contributed by atoms with van der Waals surface area (Å²) in [6, 6.07) is 32.7. The van der Waals surface area contributed by atoms with Gasteiger partial charge in [0.15, 0.2) is 0 Å². The lowest BCUT2D eigenvalue weighted by molar-refractivity contribution is -0.134. The van der Waals surface area contributed by atoms with Gasteiger partial charge < -0.3 is 60.6 Å². The van der Waals surface area contributed by atoms with Crippen molar-refractivity contribution in [1.29, 1.82) is 0 Å². The van der Waals surface area contributed by atoms with Crippen molar-refractivity contribution in [3.05, 3.63) is 119 Å². The first-order chi connectivity index (χ1) is 34.5. The Balaban J connectivity index is 0. The number of carbonyl (C=O) groups is 2. The van der Waals surface area contributed by atoms with Gasteiger partial charge in [0.2, 0.25) is 11.8 Å². The fourth-order valence-electron chi connectivity index (χ4n) is 8.63. The van der Waals surface area contributed by atoms with Crippen molar-refractivity contribution in [2.45, 2.75) is 12.8 Å². The number of hydrogen-bond acceptors (Lipinski definition) is 14. The van der Waals surface area contributed by atoms with Crippen molar-refractivity contribution >= 4 is 111 Å². The Hall–Kier alpha value is -2.98. The van der Waals surface area contributed by atoms with Crippen LogP contribution in [0, 0.1) is 0 Å². The van der Waals surface area contributed by atoms with Gasteiger partial charge in [-0.2, -0.15) is 0 Å². The molecule has 0 aliphatic carbocycles. The predicted octanol–water partition coefficient (Wildman–Crippen LogP) is 5.30. The van der Waals surface area contributed by atoms with Crippen LogP contribution in [0.5, 0.6) is 23.0 Å². The zero-order valence-corrected chi connectivity index (χ0v) is 51.1. The van der Waals surface area contributed by atoms with Crippen LogP contribution in [0.4, 0.5) is 0 Å². The third-order valence-corrected chi connectivity index (χ3v) is 12.8. The quantitative estimate of drug-likeness (QED) is 0.157.